The highest BCUT2D eigenvalue weighted by atomic mass is 15.4. The lowest BCUT2D eigenvalue weighted by Crippen LogP contribution is -2.21. The Bertz CT molecular complexity index is 1050. The van der Waals surface area contributed by atoms with E-state index >= 15 is 0 Å². The average molecular weight is 360 g/mol. The van der Waals surface area contributed by atoms with Crippen LogP contribution in [0.3, 0.4) is 0 Å². The largest absolute Gasteiger partial charge is 0.294 e. The number of hydrogen-bond donors (Lipinski definition) is 0. The molecule has 0 fully saturated rings. The number of rotatable bonds is 3. The topological polar surface area (TPSA) is 54.1 Å². The Morgan fingerprint density at radius 1 is 0.643 bits per heavy atom. The molecule has 1 aliphatic heterocycles. The van der Waals surface area contributed by atoms with Crippen molar-refractivity contribution in [1.82, 2.24) is 0 Å². The molecule has 0 N–H and O–H groups in total. The predicted octanol–water partition coefficient (Wildman–Crippen LogP) is 5.79. The molecule has 4 rings (SSSR count). The molecule has 0 atom stereocenters. The van der Waals surface area contributed by atoms with Crippen molar-refractivity contribution < 1.29 is 0 Å². The van der Waals surface area contributed by atoms with Gasteiger partial charge in [-0.3, -0.25) is 9.80 Å². The maximum Gasteiger partial charge on any atom is 0.129 e. The zero-order valence-electron chi connectivity index (χ0n) is 15.0. The summed E-state index contributed by atoms with van der Waals surface area (Å²) in [5.41, 5.74) is 4.14. The summed E-state index contributed by atoms with van der Waals surface area (Å²) >= 11 is 0. The van der Waals surface area contributed by atoms with Crippen LogP contribution in [0.4, 0.5) is 22.7 Å². The van der Waals surface area contributed by atoms with Gasteiger partial charge in [0.05, 0.1) is 11.4 Å². The van der Waals surface area contributed by atoms with Crippen LogP contribution in [0, 0.1) is 22.7 Å². The van der Waals surface area contributed by atoms with Gasteiger partial charge in [0.15, 0.2) is 0 Å². The van der Waals surface area contributed by atoms with E-state index in [4.69, 9.17) is 10.5 Å². The van der Waals surface area contributed by atoms with Crippen LogP contribution in [0.25, 0.3) is 0 Å². The molecule has 0 spiro atoms. The highest BCUT2D eigenvalue weighted by molar-refractivity contribution is 5.93. The number of fused-ring (bicyclic) bond motifs is 1. The summed E-state index contributed by atoms with van der Waals surface area (Å²) in [6, 6.07) is 32.1. The SMILES string of the molecule is N#CC(C#N)=CC=C1N(c2ccccc2)c2ccccc2N1c1ccccc1. The van der Waals surface area contributed by atoms with Crippen molar-refractivity contribution >= 4 is 22.7 Å². The van der Waals surface area contributed by atoms with Crippen molar-refractivity contribution in [3.63, 3.8) is 0 Å². The molecule has 1 heterocycles. The third-order valence-corrected chi connectivity index (χ3v) is 4.49. The van der Waals surface area contributed by atoms with Crippen molar-refractivity contribution in [3.05, 3.63) is 108 Å². The van der Waals surface area contributed by atoms with E-state index < -0.39 is 0 Å². The molecule has 132 valence electrons. The first-order chi connectivity index (χ1) is 13.8. The average Bonchev–Trinajstić information content (AvgIpc) is 3.10. The Kier molecular flexibility index (Phi) is 4.61. The first kappa shape index (κ1) is 17.1. The number of benzene rings is 3. The van der Waals surface area contributed by atoms with Crippen LogP contribution in [0.5, 0.6) is 0 Å². The Hall–Kier alpha value is -4.28. The van der Waals surface area contributed by atoms with Crippen LogP contribution in [-0.2, 0) is 0 Å². The van der Waals surface area contributed by atoms with E-state index in [1.165, 1.54) is 0 Å². The van der Waals surface area contributed by atoms with Crippen LogP contribution >= 0.6 is 0 Å². The van der Waals surface area contributed by atoms with E-state index in [9.17, 15) is 0 Å². The van der Waals surface area contributed by atoms with E-state index in [1.807, 2.05) is 91.0 Å². The van der Waals surface area contributed by atoms with Crippen molar-refractivity contribution in [2.24, 2.45) is 0 Å². The molecule has 4 heteroatoms. The molecule has 0 aromatic heterocycles. The molecule has 0 saturated heterocycles. The number of hydrogen-bond acceptors (Lipinski definition) is 4. The summed E-state index contributed by atoms with van der Waals surface area (Å²) in [4.78, 5) is 4.26. The van der Waals surface area contributed by atoms with Crippen molar-refractivity contribution in [2.45, 2.75) is 0 Å². The summed E-state index contributed by atoms with van der Waals surface area (Å²) in [6.07, 6.45) is 3.38. The monoisotopic (exact) mass is 360 g/mol. The third kappa shape index (κ3) is 3.00. The first-order valence-corrected chi connectivity index (χ1v) is 8.85. The summed E-state index contributed by atoms with van der Waals surface area (Å²) in [5, 5.41) is 18.3. The molecule has 0 saturated carbocycles. The molecule has 0 radical (unpaired) electrons. The molecule has 0 bridgehead atoms. The minimum Gasteiger partial charge on any atom is -0.294 e. The van der Waals surface area contributed by atoms with Gasteiger partial charge in [0, 0.05) is 11.4 Å². The fourth-order valence-corrected chi connectivity index (χ4v) is 3.29. The van der Waals surface area contributed by atoms with Crippen molar-refractivity contribution in [3.8, 4) is 12.1 Å². The van der Waals surface area contributed by atoms with Gasteiger partial charge in [-0.1, -0.05) is 48.5 Å². The number of nitrogens with zero attached hydrogens (tertiary/aromatic N) is 4. The molecule has 4 nitrogen and oxygen atoms in total. The Labute approximate surface area is 164 Å². The Balaban J connectivity index is 1.97. The maximum atomic E-state index is 9.14. The quantitative estimate of drug-likeness (QED) is 0.555. The van der Waals surface area contributed by atoms with Crippen LogP contribution in [0.1, 0.15) is 0 Å². The summed E-state index contributed by atoms with van der Waals surface area (Å²) in [7, 11) is 0. The Morgan fingerprint density at radius 3 is 1.50 bits per heavy atom. The van der Waals surface area contributed by atoms with E-state index in [-0.39, 0.29) is 5.57 Å². The van der Waals surface area contributed by atoms with E-state index in [0.29, 0.717) is 0 Å². The lowest BCUT2D eigenvalue weighted by molar-refractivity contribution is 1.13. The van der Waals surface area contributed by atoms with Gasteiger partial charge in [-0.05, 0) is 48.6 Å². The number of allylic oxidation sites excluding steroid dienone is 3. The molecule has 0 aliphatic carbocycles. The van der Waals surface area contributed by atoms with Gasteiger partial charge in [-0.2, -0.15) is 10.5 Å². The summed E-state index contributed by atoms with van der Waals surface area (Å²) in [5.74, 6) is 0.849. The second-order valence-corrected chi connectivity index (χ2v) is 6.16. The van der Waals surface area contributed by atoms with Gasteiger partial charge in [0.1, 0.15) is 23.5 Å². The molecule has 0 amide bonds. The standard InChI is InChI=1S/C24H16N4/c25-17-19(18-26)15-16-24-27(20-9-3-1-4-10-20)22-13-7-8-14-23(22)28(24)21-11-5-2-6-12-21/h1-16H. The smallest absolute Gasteiger partial charge is 0.129 e. The normalized spacial score (nSPS) is 12.0. The van der Waals surface area contributed by atoms with Gasteiger partial charge in [-0.15, -0.1) is 0 Å². The fourth-order valence-electron chi connectivity index (χ4n) is 3.29. The van der Waals surface area contributed by atoms with Crippen molar-refractivity contribution in [2.75, 3.05) is 9.80 Å². The zero-order chi connectivity index (χ0) is 19.3. The molecular formula is C24H16N4. The number of anilines is 4. The van der Waals surface area contributed by atoms with Crippen LogP contribution in [-0.4, -0.2) is 0 Å². The van der Waals surface area contributed by atoms with E-state index in [0.717, 1.165) is 28.6 Å². The molecule has 1 aliphatic rings. The predicted molar refractivity (Wildman–Crippen MR) is 111 cm³/mol. The minimum atomic E-state index is 0.0597. The number of nitriles is 2. The van der Waals surface area contributed by atoms with Crippen LogP contribution in [0.2, 0.25) is 0 Å². The lowest BCUT2D eigenvalue weighted by Gasteiger charge is -2.25. The highest BCUT2D eigenvalue weighted by Gasteiger charge is 2.32. The highest BCUT2D eigenvalue weighted by Crippen LogP contribution is 2.49. The maximum absolute atomic E-state index is 9.14. The van der Waals surface area contributed by atoms with Gasteiger partial charge >= 0.3 is 0 Å². The van der Waals surface area contributed by atoms with Crippen LogP contribution in [0.15, 0.2) is 108 Å². The lowest BCUT2D eigenvalue weighted by atomic mass is 10.2. The molecule has 3 aromatic rings. The molecular weight excluding hydrogens is 344 g/mol. The Morgan fingerprint density at radius 2 is 1.07 bits per heavy atom. The molecule has 3 aromatic carbocycles. The fraction of sp³-hybridized carbons (Fsp3) is 0. The molecule has 28 heavy (non-hydrogen) atoms. The summed E-state index contributed by atoms with van der Waals surface area (Å²) < 4.78 is 0. The van der Waals surface area contributed by atoms with Crippen LogP contribution < -0.4 is 9.80 Å². The number of para-hydroxylation sites is 4. The van der Waals surface area contributed by atoms with Gasteiger partial charge in [0.25, 0.3) is 0 Å². The van der Waals surface area contributed by atoms with Gasteiger partial charge in [-0.25, -0.2) is 0 Å². The summed E-state index contributed by atoms with van der Waals surface area (Å²) in [6.45, 7) is 0. The van der Waals surface area contributed by atoms with Gasteiger partial charge in [0.2, 0.25) is 0 Å². The van der Waals surface area contributed by atoms with E-state index in [1.54, 1.807) is 6.08 Å². The molecule has 0 unspecified atom stereocenters. The van der Waals surface area contributed by atoms with Crippen molar-refractivity contribution in [1.29, 1.82) is 10.5 Å². The van der Waals surface area contributed by atoms with E-state index in [2.05, 4.69) is 21.9 Å². The second-order valence-electron chi connectivity index (χ2n) is 6.16. The zero-order valence-corrected chi connectivity index (χ0v) is 15.0. The van der Waals surface area contributed by atoms with Gasteiger partial charge < -0.3 is 0 Å². The minimum absolute atomic E-state index is 0.0597. The third-order valence-electron chi connectivity index (χ3n) is 4.49. The second kappa shape index (κ2) is 7.53. The first-order valence-electron chi connectivity index (χ1n) is 8.85.